The van der Waals surface area contributed by atoms with Gasteiger partial charge >= 0.3 is 0 Å². The van der Waals surface area contributed by atoms with E-state index in [1.165, 1.54) is 4.88 Å². The van der Waals surface area contributed by atoms with Crippen molar-refractivity contribution >= 4 is 17.1 Å². The molecule has 0 amide bonds. The number of hydrogen-bond acceptors (Lipinski definition) is 3. The highest BCUT2D eigenvalue weighted by Gasteiger charge is 2.17. The van der Waals surface area contributed by atoms with Gasteiger partial charge < -0.3 is 0 Å². The fourth-order valence-corrected chi connectivity index (χ4v) is 2.05. The normalized spacial score (nSPS) is 13.2. The summed E-state index contributed by atoms with van der Waals surface area (Å²) >= 11 is 1.71. The molecule has 0 N–H and O–H groups in total. The molecule has 72 valence electrons. The van der Waals surface area contributed by atoms with Crippen LogP contribution in [0.4, 0.5) is 0 Å². The lowest BCUT2D eigenvalue weighted by molar-refractivity contribution is -0.121. The van der Waals surface area contributed by atoms with E-state index in [0.717, 1.165) is 6.42 Å². The molecular weight excluding hydrogens is 182 g/mol. The van der Waals surface area contributed by atoms with Gasteiger partial charge in [-0.25, -0.2) is 0 Å². The third kappa shape index (κ3) is 2.94. The number of rotatable bonds is 4. The second-order valence-corrected chi connectivity index (χ2v) is 4.41. The minimum absolute atomic E-state index is 0.0265. The molecule has 3 heteroatoms. The van der Waals surface area contributed by atoms with Gasteiger partial charge in [0.25, 0.3) is 0 Å². The smallest absolute Gasteiger partial charge is 0.147 e. The van der Waals surface area contributed by atoms with E-state index in [4.69, 9.17) is 0 Å². The van der Waals surface area contributed by atoms with Gasteiger partial charge in [0.05, 0.1) is 6.04 Å². The number of hydrogen-bond donors (Lipinski definition) is 0. The van der Waals surface area contributed by atoms with Gasteiger partial charge in [-0.05, 0) is 32.5 Å². The fourth-order valence-electron chi connectivity index (χ4n) is 1.31. The third-order valence-electron chi connectivity index (χ3n) is 2.07. The summed E-state index contributed by atoms with van der Waals surface area (Å²) in [4.78, 5) is 14.5. The summed E-state index contributed by atoms with van der Waals surface area (Å²) in [5.74, 6) is 0.235. The van der Waals surface area contributed by atoms with Crippen molar-refractivity contribution in [2.75, 3.05) is 14.1 Å². The van der Waals surface area contributed by atoms with Crippen molar-refractivity contribution in [3.05, 3.63) is 22.4 Å². The Hall–Kier alpha value is -0.670. The van der Waals surface area contributed by atoms with Crippen LogP contribution in [0.3, 0.4) is 0 Å². The number of nitrogens with zero attached hydrogens (tertiary/aromatic N) is 1. The summed E-state index contributed by atoms with van der Waals surface area (Å²) in [5, 5.41) is 2.04. The molecule has 1 atom stereocenters. The van der Waals surface area contributed by atoms with Crippen molar-refractivity contribution in [3.63, 3.8) is 0 Å². The number of ketones is 1. The maximum atomic E-state index is 11.3. The molecule has 1 heterocycles. The minimum atomic E-state index is 0.0265. The minimum Gasteiger partial charge on any atom is -0.299 e. The summed E-state index contributed by atoms with van der Waals surface area (Å²) in [7, 11) is 3.89. The van der Waals surface area contributed by atoms with Crippen LogP contribution >= 0.6 is 11.3 Å². The predicted molar refractivity (Wildman–Crippen MR) is 56.2 cm³/mol. The predicted octanol–water partition coefficient (Wildman–Crippen LogP) is 1.81. The van der Waals surface area contributed by atoms with Crippen LogP contribution in [-0.4, -0.2) is 30.8 Å². The van der Waals surface area contributed by atoms with E-state index in [2.05, 4.69) is 6.07 Å². The first-order chi connectivity index (χ1) is 6.11. The zero-order valence-corrected chi connectivity index (χ0v) is 9.10. The largest absolute Gasteiger partial charge is 0.299 e. The molecule has 1 aromatic rings. The number of carbonyl (C=O) groups excluding carboxylic acids is 1. The van der Waals surface area contributed by atoms with Gasteiger partial charge in [-0.3, -0.25) is 9.69 Å². The fraction of sp³-hybridized carbons (Fsp3) is 0.500. The second kappa shape index (κ2) is 4.53. The zero-order chi connectivity index (χ0) is 9.84. The summed E-state index contributed by atoms with van der Waals surface area (Å²) in [5.41, 5.74) is 0. The first kappa shape index (κ1) is 10.4. The van der Waals surface area contributed by atoms with E-state index in [1.807, 2.05) is 30.4 Å². The molecule has 0 spiro atoms. The van der Waals surface area contributed by atoms with Gasteiger partial charge in [-0.15, -0.1) is 11.3 Å². The molecule has 2 nitrogen and oxygen atoms in total. The molecule has 0 aliphatic carbocycles. The highest BCUT2D eigenvalue weighted by molar-refractivity contribution is 7.09. The van der Waals surface area contributed by atoms with Crippen molar-refractivity contribution in [3.8, 4) is 0 Å². The Bertz CT molecular complexity index is 266. The van der Waals surface area contributed by atoms with Crippen molar-refractivity contribution in [1.29, 1.82) is 0 Å². The summed E-state index contributed by atoms with van der Waals surface area (Å²) in [6, 6.07) is 4.12. The van der Waals surface area contributed by atoms with Crippen LogP contribution in [0.5, 0.6) is 0 Å². The summed E-state index contributed by atoms with van der Waals surface area (Å²) in [6.45, 7) is 1.65. The Balaban J connectivity index is 2.63. The highest BCUT2D eigenvalue weighted by atomic mass is 32.1. The van der Waals surface area contributed by atoms with Crippen molar-refractivity contribution in [2.24, 2.45) is 0 Å². The number of likely N-dealkylation sites (N-methyl/N-ethyl adjacent to an activating group) is 1. The van der Waals surface area contributed by atoms with Gasteiger partial charge in [-0.1, -0.05) is 6.07 Å². The quantitative estimate of drug-likeness (QED) is 0.733. The lowest BCUT2D eigenvalue weighted by atomic mass is 10.1. The van der Waals surface area contributed by atoms with E-state index in [1.54, 1.807) is 18.3 Å². The van der Waals surface area contributed by atoms with Crippen molar-refractivity contribution in [1.82, 2.24) is 4.90 Å². The van der Waals surface area contributed by atoms with Gasteiger partial charge in [0.2, 0.25) is 0 Å². The Kier molecular flexibility index (Phi) is 3.63. The molecule has 0 aliphatic heterocycles. The topological polar surface area (TPSA) is 20.3 Å². The van der Waals surface area contributed by atoms with Gasteiger partial charge in [0.1, 0.15) is 5.78 Å². The van der Waals surface area contributed by atoms with Crippen LogP contribution in [0.25, 0.3) is 0 Å². The maximum absolute atomic E-state index is 11.3. The molecular formula is C10H15NOS. The Morgan fingerprint density at radius 2 is 2.31 bits per heavy atom. The Morgan fingerprint density at radius 3 is 2.69 bits per heavy atom. The zero-order valence-electron chi connectivity index (χ0n) is 8.28. The molecule has 1 aromatic heterocycles. The van der Waals surface area contributed by atoms with Crippen LogP contribution < -0.4 is 0 Å². The molecule has 0 aliphatic rings. The molecule has 0 aromatic carbocycles. The monoisotopic (exact) mass is 197 g/mol. The molecule has 0 radical (unpaired) electrons. The molecule has 0 saturated heterocycles. The van der Waals surface area contributed by atoms with Crippen LogP contribution in [0.15, 0.2) is 17.5 Å². The lowest BCUT2D eigenvalue weighted by Crippen LogP contribution is -2.35. The summed E-state index contributed by atoms with van der Waals surface area (Å²) in [6.07, 6.45) is 0.833. The van der Waals surface area contributed by atoms with Gasteiger partial charge in [0.15, 0.2) is 0 Å². The second-order valence-electron chi connectivity index (χ2n) is 3.37. The number of thiophene rings is 1. The maximum Gasteiger partial charge on any atom is 0.147 e. The van der Waals surface area contributed by atoms with Crippen molar-refractivity contribution < 1.29 is 4.79 Å². The first-order valence-corrected chi connectivity index (χ1v) is 5.18. The molecule has 0 fully saturated rings. The van der Waals surface area contributed by atoms with E-state index >= 15 is 0 Å². The third-order valence-corrected chi connectivity index (χ3v) is 2.97. The molecule has 0 saturated carbocycles. The van der Waals surface area contributed by atoms with Gasteiger partial charge in [-0.2, -0.15) is 0 Å². The average Bonchev–Trinajstić information content (AvgIpc) is 2.50. The standard InChI is InChI=1S/C10H15NOS/c1-8(12)10(11(2)3)7-9-5-4-6-13-9/h4-6,10H,7H2,1-3H3. The lowest BCUT2D eigenvalue weighted by Gasteiger charge is -2.20. The van der Waals surface area contributed by atoms with Crippen LogP contribution in [0, 0.1) is 0 Å². The molecule has 0 bridgehead atoms. The van der Waals surface area contributed by atoms with E-state index < -0.39 is 0 Å². The molecule has 1 unspecified atom stereocenters. The highest BCUT2D eigenvalue weighted by Crippen LogP contribution is 2.13. The SMILES string of the molecule is CC(=O)C(Cc1cccs1)N(C)C. The van der Waals surface area contributed by atoms with E-state index in [-0.39, 0.29) is 11.8 Å². The van der Waals surface area contributed by atoms with E-state index in [0.29, 0.717) is 0 Å². The Labute approximate surface area is 83.2 Å². The molecule has 1 rings (SSSR count). The first-order valence-electron chi connectivity index (χ1n) is 4.30. The number of Topliss-reactive ketones (excluding diaryl/α,β-unsaturated/α-hetero) is 1. The summed E-state index contributed by atoms with van der Waals surface area (Å²) < 4.78 is 0. The number of carbonyl (C=O) groups is 1. The van der Waals surface area contributed by atoms with Crippen LogP contribution in [0.2, 0.25) is 0 Å². The molecule has 13 heavy (non-hydrogen) atoms. The van der Waals surface area contributed by atoms with Gasteiger partial charge in [0, 0.05) is 11.3 Å². The Morgan fingerprint density at radius 1 is 1.62 bits per heavy atom. The van der Waals surface area contributed by atoms with E-state index in [9.17, 15) is 4.79 Å². The average molecular weight is 197 g/mol. The van der Waals surface area contributed by atoms with Crippen molar-refractivity contribution in [2.45, 2.75) is 19.4 Å². The van der Waals surface area contributed by atoms with Crippen LogP contribution in [-0.2, 0) is 11.2 Å². The van der Waals surface area contributed by atoms with Crippen LogP contribution in [0.1, 0.15) is 11.8 Å².